The molecule has 1 rings (SSSR count). The van der Waals surface area contributed by atoms with Crippen molar-refractivity contribution in [1.82, 2.24) is 5.32 Å². The zero-order valence-corrected chi connectivity index (χ0v) is 9.38. The van der Waals surface area contributed by atoms with Gasteiger partial charge in [-0.3, -0.25) is 4.79 Å². The van der Waals surface area contributed by atoms with Crippen LogP contribution in [0.2, 0.25) is 0 Å². The number of allylic oxidation sites excluding steroid dienone is 3. The van der Waals surface area contributed by atoms with Crippen LogP contribution in [0.25, 0.3) is 0 Å². The topological polar surface area (TPSA) is 66.4 Å². The second kappa shape index (κ2) is 6.27. The van der Waals surface area contributed by atoms with E-state index >= 15 is 0 Å². The van der Waals surface area contributed by atoms with E-state index < -0.39 is 11.9 Å². The Morgan fingerprint density at radius 1 is 1.24 bits per heavy atom. The number of carboxylic acid groups (broad SMARTS) is 1. The first kappa shape index (κ1) is 12.7. The maximum atomic E-state index is 11.7. The summed E-state index contributed by atoms with van der Waals surface area (Å²) < 4.78 is 0. The Morgan fingerprint density at radius 2 is 1.88 bits per heavy atom. The summed E-state index contributed by atoms with van der Waals surface area (Å²) in [6, 6.07) is 8.44. The molecule has 0 atom stereocenters. The van der Waals surface area contributed by atoms with Crippen molar-refractivity contribution >= 4 is 11.9 Å². The summed E-state index contributed by atoms with van der Waals surface area (Å²) in [5, 5.41) is 11.2. The summed E-state index contributed by atoms with van der Waals surface area (Å²) in [5.74, 6) is -1.61. The van der Waals surface area contributed by atoms with Crippen LogP contribution in [-0.4, -0.2) is 17.0 Å². The Balaban J connectivity index is 2.82. The van der Waals surface area contributed by atoms with Crippen LogP contribution >= 0.6 is 0 Å². The predicted molar refractivity (Wildman–Crippen MR) is 64.4 cm³/mol. The van der Waals surface area contributed by atoms with Crippen LogP contribution < -0.4 is 5.32 Å². The van der Waals surface area contributed by atoms with Crippen LogP contribution in [0.3, 0.4) is 0 Å². The van der Waals surface area contributed by atoms with Gasteiger partial charge in [0.2, 0.25) is 0 Å². The molecule has 0 unspecified atom stereocenters. The fourth-order valence-electron chi connectivity index (χ4n) is 1.14. The van der Waals surface area contributed by atoms with Crippen LogP contribution in [0.5, 0.6) is 0 Å². The summed E-state index contributed by atoms with van der Waals surface area (Å²) in [6.45, 7) is 1.76. The van der Waals surface area contributed by atoms with Crippen molar-refractivity contribution in [2.45, 2.75) is 6.92 Å². The van der Waals surface area contributed by atoms with E-state index in [1.807, 2.05) is 0 Å². The van der Waals surface area contributed by atoms with Gasteiger partial charge in [0, 0.05) is 5.56 Å². The van der Waals surface area contributed by atoms with Crippen molar-refractivity contribution in [3.63, 3.8) is 0 Å². The molecule has 0 saturated carbocycles. The zero-order chi connectivity index (χ0) is 12.7. The number of rotatable bonds is 4. The maximum absolute atomic E-state index is 11.7. The lowest BCUT2D eigenvalue weighted by Gasteiger charge is -2.04. The highest BCUT2D eigenvalue weighted by molar-refractivity contribution is 6.00. The summed E-state index contributed by atoms with van der Waals surface area (Å²) in [6.07, 6.45) is 4.56. The molecule has 2 N–H and O–H groups in total. The van der Waals surface area contributed by atoms with Crippen LogP contribution in [-0.2, 0) is 4.79 Å². The van der Waals surface area contributed by atoms with E-state index in [0.29, 0.717) is 5.56 Å². The predicted octanol–water partition coefficient (Wildman–Crippen LogP) is 1.96. The first-order chi connectivity index (χ1) is 8.15. The van der Waals surface area contributed by atoms with Gasteiger partial charge in [-0.1, -0.05) is 30.4 Å². The molecule has 0 aliphatic carbocycles. The molecular formula is C13H13NO3. The first-order valence-corrected chi connectivity index (χ1v) is 5.08. The van der Waals surface area contributed by atoms with E-state index in [1.165, 1.54) is 6.08 Å². The third-order valence-corrected chi connectivity index (χ3v) is 1.97. The number of carbonyl (C=O) groups is 2. The molecule has 0 aromatic heterocycles. The minimum absolute atomic E-state index is 0.156. The molecule has 88 valence electrons. The molecule has 0 heterocycles. The molecule has 0 saturated heterocycles. The third-order valence-electron chi connectivity index (χ3n) is 1.97. The van der Waals surface area contributed by atoms with E-state index in [9.17, 15) is 9.59 Å². The molecule has 4 nitrogen and oxygen atoms in total. The average Bonchev–Trinajstić information content (AvgIpc) is 2.35. The molecule has 17 heavy (non-hydrogen) atoms. The minimum atomic E-state index is -1.17. The number of carbonyl (C=O) groups excluding carboxylic acids is 1. The molecule has 0 fully saturated rings. The lowest BCUT2D eigenvalue weighted by Crippen LogP contribution is -2.27. The lowest BCUT2D eigenvalue weighted by molar-refractivity contribution is -0.133. The van der Waals surface area contributed by atoms with Gasteiger partial charge in [-0.2, -0.15) is 0 Å². The standard InChI is InChI=1S/C13H13NO3/c1-2-3-9-11(13(16)17)14-12(15)10-7-5-4-6-8-10/h2-9H,1H3,(H,14,15)(H,16,17). The van der Waals surface area contributed by atoms with Crippen LogP contribution in [0.15, 0.2) is 54.3 Å². The van der Waals surface area contributed by atoms with E-state index in [4.69, 9.17) is 5.11 Å². The van der Waals surface area contributed by atoms with Crippen molar-refractivity contribution in [3.8, 4) is 0 Å². The maximum Gasteiger partial charge on any atom is 0.352 e. The molecule has 1 amide bonds. The quantitative estimate of drug-likeness (QED) is 0.615. The smallest absolute Gasteiger partial charge is 0.352 e. The molecule has 4 heteroatoms. The van der Waals surface area contributed by atoms with E-state index in [2.05, 4.69) is 5.32 Å². The van der Waals surface area contributed by atoms with Gasteiger partial charge >= 0.3 is 5.97 Å². The Bertz CT molecular complexity index is 461. The van der Waals surface area contributed by atoms with Gasteiger partial charge in [-0.15, -0.1) is 0 Å². The summed E-state index contributed by atoms with van der Waals surface area (Å²) >= 11 is 0. The number of nitrogens with one attached hydrogen (secondary N) is 1. The molecule has 0 spiro atoms. The number of benzene rings is 1. The molecule has 0 radical (unpaired) electrons. The number of aliphatic carboxylic acids is 1. The summed E-state index contributed by atoms with van der Waals surface area (Å²) in [4.78, 5) is 22.5. The third kappa shape index (κ3) is 3.95. The highest BCUT2D eigenvalue weighted by Gasteiger charge is 2.11. The highest BCUT2D eigenvalue weighted by atomic mass is 16.4. The minimum Gasteiger partial charge on any atom is -0.477 e. The Kier molecular flexibility index (Phi) is 4.69. The number of hydrogen-bond donors (Lipinski definition) is 2. The molecule has 1 aromatic rings. The van der Waals surface area contributed by atoms with Crippen molar-refractivity contribution < 1.29 is 14.7 Å². The normalized spacial score (nSPS) is 11.5. The molecule has 0 aliphatic rings. The van der Waals surface area contributed by atoms with Crippen molar-refractivity contribution in [2.75, 3.05) is 0 Å². The van der Waals surface area contributed by atoms with Gasteiger partial charge < -0.3 is 10.4 Å². The van der Waals surface area contributed by atoms with Crippen LogP contribution in [0, 0.1) is 0 Å². The Labute approximate surface area is 99.3 Å². The van der Waals surface area contributed by atoms with Crippen molar-refractivity contribution in [1.29, 1.82) is 0 Å². The largest absolute Gasteiger partial charge is 0.477 e. The lowest BCUT2D eigenvalue weighted by atomic mass is 10.2. The SMILES string of the molecule is CC=CC=C(NC(=O)c1ccccc1)C(=O)O. The highest BCUT2D eigenvalue weighted by Crippen LogP contribution is 2.00. The van der Waals surface area contributed by atoms with Crippen molar-refractivity contribution in [2.24, 2.45) is 0 Å². The summed E-state index contributed by atoms with van der Waals surface area (Å²) in [5.41, 5.74) is 0.261. The second-order valence-electron chi connectivity index (χ2n) is 3.23. The Morgan fingerprint density at radius 3 is 2.41 bits per heavy atom. The second-order valence-corrected chi connectivity index (χ2v) is 3.23. The van der Waals surface area contributed by atoms with Gasteiger partial charge in [-0.25, -0.2) is 4.79 Å². The molecule has 1 aromatic carbocycles. The fraction of sp³-hybridized carbons (Fsp3) is 0.0769. The average molecular weight is 231 g/mol. The van der Waals surface area contributed by atoms with Crippen molar-refractivity contribution in [3.05, 3.63) is 59.8 Å². The summed E-state index contributed by atoms with van der Waals surface area (Å²) in [7, 11) is 0. The number of amides is 1. The number of hydrogen-bond acceptors (Lipinski definition) is 2. The van der Waals surface area contributed by atoms with E-state index in [1.54, 1.807) is 49.4 Å². The fourth-order valence-corrected chi connectivity index (χ4v) is 1.14. The monoisotopic (exact) mass is 231 g/mol. The van der Waals surface area contributed by atoms with Gasteiger partial charge in [0.25, 0.3) is 5.91 Å². The number of carboxylic acids is 1. The van der Waals surface area contributed by atoms with Crippen LogP contribution in [0.1, 0.15) is 17.3 Å². The van der Waals surface area contributed by atoms with Gasteiger partial charge in [0.15, 0.2) is 0 Å². The van der Waals surface area contributed by atoms with Crippen LogP contribution in [0.4, 0.5) is 0 Å². The van der Waals surface area contributed by atoms with E-state index in [0.717, 1.165) is 0 Å². The van der Waals surface area contributed by atoms with E-state index in [-0.39, 0.29) is 5.70 Å². The van der Waals surface area contributed by atoms with Gasteiger partial charge in [0.1, 0.15) is 5.70 Å². The Hall–Kier alpha value is -2.36. The van der Waals surface area contributed by atoms with Gasteiger partial charge in [0.05, 0.1) is 0 Å². The first-order valence-electron chi connectivity index (χ1n) is 5.08. The zero-order valence-electron chi connectivity index (χ0n) is 9.38. The molecule has 0 aliphatic heterocycles. The molecular weight excluding hydrogens is 218 g/mol. The molecule has 0 bridgehead atoms. The van der Waals surface area contributed by atoms with Gasteiger partial charge in [-0.05, 0) is 25.1 Å².